The van der Waals surface area contributed by atoms with Crippen LogP contribution < -0.4 is 41.7 Å². The van der Waals surface area contributed by atoms with Gasteiger partial charge in [0.15, 0.2) is 0 Å². The van der Waals surface area contributed by atoms with Gasteiger partial charge in [-0.25, -0.2) is 15.0 Å². The fraction of sp³-hybridized carbons (Fsp3) is 0.594. The lowest BCUT2D eigenvalue weighted by atomic mass is 9.81. The van der Waals surface area contributed by atoms with Crippen molar-refractivity contribution in [1.29, 1.82) is 0 Å². The molecule has 8 heterocycles. The Hall–Kier alpha value is -6.28. The molecule has 0 bridgehead atoms. The van der Waals surface area contributed by atoms with E-state index in [2.05, 4.69) is 125 Å². The van der Waals surface area contributed by atoms with Gasteiger partial charge in [-0.2, -0.15) is 4.98 Å². The molecule has 5 aliphatic rings. The van der Waals surface area contributed by atoms with Gasteiger partial charge in [-0.1, -0.05) is 110 Å². The topological polar surface area (TPSA) is 189 Å². The quantitative estimate of drug-likeness (QED) is 0.0428. The van der Waals surface area contributed by atoms with Crippen LogP contribution in [0.5, 0.6) is 0 Å². The number of aromatic nitrogens is 4. The van der Waals surface area contributed by atoms with E-state index in [1.165, 1.54) is 32.1 Å². The molecular formula is C69H116N14O4. The number of aryl methyl sites for hydroxylation is 1. The van der Waals surface area contributed by atoms with Crippen molar-refractivity contribution >= 4 is 40.9 Å². The Morgan fingerprint density at radius 3 is 2.15 bits per heavy atom. The summed E-state index contributed by atoms with van der Waals surface area (Å²) in [5.74, 6) is 3.80. The van der Waals surface area contributed by atoms with Crippen molar-refractivity contribution in [3.8, 4) is 0 Å². The summed E-state index contributed by atoms with van der Waals surface area (Å²) in [7, 11) is 11.2. The molecule has 486 valence electrons. The third kappa shape index (κ3) is 17.7. The van der Waals surface area contributed by atoms with E-state index in [1.54, 1.807) is 9.80 Å². The monoisotopic (exact) mass is 1200 g/mol. The molecule has 2 amide bonds. The van der Waals surface area contributed by atoms with Gasteiger partial charge in [0.1, 0.15) is 23.2 Å². The summed E-state index contributed by atoms with van der Waals surface area (Å²) in [4.78, 5) is 51.7. The zero-order valence-electron chi connectivity index (χ0n) is 56.2. The zero-order valence-corrected chi connectivity index (χ0v) is 56.2. The fourth-order valence-electron chi connectivity index (χ4n) is 12.3. The molecule has 5 aromatic rings. The Morgan fingerprint density at radius 2 is 1.51 bits per heavy atom. The molecule has 0 radical (unpaired) electrons. The highest BCUT2D eigenvalue weighted by molar-refractivity contribution is 5.98. The number of pyridine rings is 2. The first-order valence-electron chi connectivity index (χ1n) is 32.2. The highest BCUT2D eigenvalue weighted by atomic mass is 16.5. The number of nitrogens with one attached hydrogen (secondary N) is 6. The van der Waals surface area contributed by atoms with E-state index in [4.69, 9.17) is 24.4 Å². The minimum atomic E-state index is -0.537. The largest absolute Gasteiger partial charge is 0.375 e. The van der Waals surface area contributed by atoms with E-state index in [9.17, 15) is 9.59 Å². The van der Waals surface area contributed by atoms with Gasteiger partial charge in [0.05, 0.1) is 42.0 Å². The van der Waals surface area contributed by atoms with E-state index in [-0.39, 0.29) is 40.3 Å². The molecule has 0 spiro atoms. The van der Waals surface area contributed by atoms with Crippen molar-refractivity contribution in [2.75, 3.05) is 89.0 Å². The minimum absolute atomic E-state index is 0. The Labute approximate surface area is 528 Å². The van der Waals surface area contributed by atoms with Crippen LogP contribution in [0.1, 0.15) is 182 Å². The Kier molecular flexibility index (Phi) is 25.5. The molecule has 87 heavy (non-hydrogen) atoms. The molecule has 3 aromatic heterocycles. The molecule has 4 unspecified atom stereocenters. The van der Waals surface area contributed by atoms with E-state index < -0.39 is 5.79 Å². The summed E-state index contributed by atoms with van der Waals surface area (Å²) in [6, 6.07) is 26.7. The number of benzene rings is 2. The highest BCUT2D eigenvalue weighted by Gasteiger charge is 2.57. The number of hydrogen-bond donors (Lipinski definition) is 6. The number of carbonyl (C=O) groups excluding carboxylic acids is 2. The number of nitrogens with zero attached hydrogens (tertiary/aromatic N) is 8. The van der Waals surface area contributed by atoms with E-state index >= 15 is 0 Å². The Morgan fingerprint density at radius 1 is 0.851 bits per heavy atom. The SMILES string of the molecule is CC.CC.CCCCCCCCC1(Nc2ccc(C)c(C(=O)N(C)C)c2)NCC2C3COC(C)(C)C[C@H]3N(c3cccc(CNC)n3)C2N1.CN1Cc2ccccc2C1=O.CNCc1cccc(N2C[C@@](C)(COC(C)(C)C)c3cnc(NC)nc32)n1.[HH].[HH].[HH].[HH]. The maximum Gasteiger partial charge on any atom is 0.254 e. The number of ether oxygens (including phenoxy) is 2. The van der Waals surface area contributed by atoms with Crippen LogP contribution in [0.4, 0.5) is 29.1 Å². The molecule has 18 nitrogen and oxygen atoms in total. The number of anilines is 5. The fourth-order valence-corrected chi connectivity index (χ4v) is 12.3. The van der Waals surface area contributed by atoms with Gasteiger partial charge >= 0.3 is 0 Å². The highest BCUT2D eigenvalue weighted by Crippen LogP contribution is 2.47. The average Bonchev–Trinajstić information content (AvgIpc) is 1.61. The van der Waals surface area contributed by atoms with Crippen LogP contribution in [0.2, 0.25) is 0 Å². The van der Waals surface area contributed by atoms with Crippen LogP contribution in [-0.2, 0) is 34.5 Å². The molecule has 0 saturated carbocycles. The van der Waals surface area contributed by atoms with Crippen molar-refractivity contribution in [1.82, 2.24) is 51.0 Å². The van der Waals surface area contributed by atoms with Gasteiger partial charge in [0, 0.05) is 118 Å². The minimum Gasteiger partial charge on any atom is -0.375 e. The molecule has 3 fully saturated rings. The second-order valence-corrected chi connectivity index (χ2v) is 25.4. The third-order valence-electron chi connectivity index (χ3n) is 16.7. The van der Waals surface area contributed by atoms with Crippen molar-refractivity contribution in [3.63, 3.8) is 0 Å². The summed E-state index contributed by atoms with van der Waals surface area (Å²) in [5, 5.41) is 21.5. The first-order valence-corrected chi connectivity index (χ1v) is 32.2. The number of hydrogen-bond acceptors (Lipinski definition) is 16. The molecule has 18 heteroatoms. The van der Waals surface area contributed by atoms with Crippen molar-refractivity contribution in [3.05, 3.63) is 124 Å². The number of amides is 2. The molecule has 0 aliphatic carbocycles. The maximum atomic E-state index is 13.0. The second kappa shape index (κ2) is 31.8. The van der Waals surface area contributed by atoms with Crippen molar-refractivity contribution in [2.45, 2.75) is 189 Å². The molecule has 6 atom stereocenters. The average molecular weight is 1210 g/mol. The first kappa shape index (κ1) is 69.8. The predicted octanol–water partition coefficient (Wildman–Crippen LogP) is 12.6. The van der Waals surface area contributed by atoms with Crippen LogP contribution in [0.25, 0.3) is 0 Å². The lowest BCUT2D eigenvalue weighted by Gasteiger charge is -2.48. The summed E-state index contributed by atoms with van der Waals surface area (Å²) in [5.41, 5.74) is 7.18. The molecule has 10 rings (SSSR count). The molecule has 2 aromatic carbocycles. The third-order valence-corrected chi connectivity index (χ3v) is 16.7. The lowest BCUT2D eigenvalue weighted by molar-refractivity contribution is -0.0881. The second-order valence-electron chi connectivity index (χ2n) is 25.4. The summed E-state index contributed by atoms with van der Waals surface area (Å²) in [6.07, 6.45) is 11.3. The van der Waals surface area contributed by atoms with E-state index in [0.717, 1.165) is 121 Å². The molecule has 3 saturated heterocycles. The van der Waals surface area contributed by atoms with Gasteiger partial charge in [-0.3, -0.25) is 20.2 Å². The van der Waals surface area contributed by atoms with E-state index in [0.29, 0.717) is 30.4 Å². The van der Waals surface area contributed by atoms with E-state index in [1.807, 2.05) is 132 Å². The van der Waals surface area contributed by atoms with Crippen LogP contribution in [0, 0.1) is 18.8 Å². The normalized spacial score (nSPS) is 22.1. The molecular weight excluding hydrogens is 1090 g/mol. The van der Waals surface area contributed by atoms with Crippen LogP contribution in [-0.4, -0.2) is 139 Å². The van der Waals surface area contributed by atoms with Gasteiger partial charge in [-0.15, -0.1) is 0 Å². The van der Waals surface area contributed by atoms with Gasteiger partial charge in [0.25, 0.3) is 11.8 Å². The van der Waals surface area contributed by atoms with Gasteiger partial charge in [-0.05, 0) is 128 Å². The smallest absolute Gasteiger partial charge is 0.254 e. The number of unbranched alkanes of at least 4 members (excludes halogenated alkanes) is 5. The van der Waals surface area contributed by atoms with Crippen molar-refractivity contribution < 1.29 is 24.8 Å². The van der Waals surface area contributed by atoms with Crippen LogP contribution in [0.3, 0.4) is 0 Å². The molecule has 5 aliphatic heterocycles. The zero-order chi connectivity index (χ0) is 63.7. The standard InChI is InChI=1S/C36H57N7O2.C20H30N6O.C9H9NO.2C2H6.4H2/c1-8-9-10-11-12-13-19-36(40-26-18-17-25(2)28(20-26)34(44)42(6)7)38-23-29-30-24-45-35(3,4)21-31(30)43(33(29)41-36)32-16-14-15-27(39-32)22-37-5;1-19(2,3)27-13-20(4)12-26(16-9-7-8-14(24-16)10-21-5)17-15(20)11-23-18(22-6)25-17;1-10-6-7-4-2-3-5-8(7)9(10)11;2*1-2;;;;/h14-18,20,29-31,33,37-38,40-41H,8-13,19,21-24H2,1-7H3;7-9,11,21H,10,12-13H2,1-6H3,(H,22,23,25);2-5H,6H2,1H3;2*1-2H3;4*1H/t29?,30?,31-,33?,36?;20-;;;;;;;/m10......./s1. The van der Waals surface area contributed by atoms with Crippen LogP contribution >= 0.6 is 0 Å². The van der Waals surface area contributed by atoms with Gasteiger partial charge < -0.3 is 50.3 Å². The molecule has 6 N–H and O–H groups in total. The number of rotatable bonds is 19. The van der Waals surface area contributed by atoms with Crippen molar-refractivity contribution in [2.24, 2.45) is 11.8 Å². The Balaban J connectivity index is 0.000000519. The predicted molar refractivity (Wildman–Crippen MR) is 365 cm³/mol. The number of carbonyl (C=O) groups is 2. The first-order chi connectivity index (χ1) is 41.6. The van der Waals surface area contributed by atoms with Gasteiger partial charge in [0.2, 0.25) is 5.95 Å². The summed E-state index contributed by atoms with van der Waals surface area (Å²) >= 11 is 0. The van der Waals surface area contributed by atoms with Crippen LogP contribution in [0.15, 0.2) is 85.1 Å². The Bertz CT molecular complexity index is 3010. The summed E-state index contributed by atoms with van der Waals surface area (Å²) in [6.45, 7) is 30.3. The number of fused-ring (bicyclic) bond motifs is 5. The summed E-state index contributed by atoms with van der Waals surface area (Å²) < 4.78 is 12.6. The maximum absolute atomic E-state index is 13.0. The lowest BCUT2D eigenvalue weighted by Crippen LogP contribution is -2.73.